The van der Waals surface area contributed by atoms with Gasteiger partial charge in [0.1, 0.15) is 6.04 Å². The second kappa shape index (κ2) is 5.15. The number of carboxylic acid groups (broad SMARTS) is 1. The molecule has 2 aliphatic rings. The highest BCUT2D eigenvalue weighted by atomic mass is 16.4. The molecular weight excluding hydrogens is 204 g/mol. The van der Waals surface area contributed by atoms with Crippen LogP contribution in [0.4, 0.5) is 0 Å². The van der Waals surface area contributed by atoms with E-state index in [1.807, 2.05) is 6.92 Å². The van der Waals surface area contributed by atoms with Crippen LogP contribution in [0.2, 0.25) is 0 Å². The van der Waals surface area contributed by atoms with Gasteiger partial charge in [-0.3, -0.25) is 4.79 Å². The molecule has 2 rings (SSSR count). The summed E-state index contributed by atoms with van der Waals surface area (Å²) in [6, 6.07) is 0.380. The van der Waals surface area contributed by atoms with Gasteiger partial charge in [-0.25, -0.2) is 0 Å². The molecular formula is C12H22N2O2. The van der Waals surface area contributed by atoms with Crippen LogP contribution >= 0.6 is 0 Å². The Kier molecular flexibility index (Phi) is 3.82. The monoisotopic (exact) mass is 226 g/mol. The van der Waals surface area contributed by atoms with Gasteiger partial charge < -0.3 is 15.3 Å². The van der Waals surface area contributed by atoms with Crippen LogP contribution in [0.15, 0.2) is 0 Å². The largest absolute Gasteiger partial charge is 0.480 e. The Morgan fingerprint density at radius 2 is 2.38 bits per heavy atom. The summed E-state index contributed by atoms with van der Waals surface area (Å²) in [6.07, 6.45) is 4.78. The molecule has 0 aromatic heterocycles. The van der Waals surface area contributed by atoms with Gasteiger partial charge in [0.05, 0.1) is 0 Å². The lowest BCUT2D eigenvalue weighted by Gasteiger charge is -2.27. The SMILES string of the molecule is CCNC(CCN1CC2CCC1C2)C(=O)O. The third-order valence-corrected chi connectivity index (χ3v) is 3.98. The van der Waals surface area contributed by atoms with Crippen LogP contribution in [-0.2, 0) is 4.79 Å². The first-order chi connectivity index (χ1) is 7.70. The van der Waals surface area contributed by atoms with Crippen LogP contribution < -0.4 is 5.32 Å². The van der Waals surface area contributed by atoms with Crippen LogP contribution in [0.1, 0.15) is 32.6 Å². The molecule has 3 unspecified atom stereocenters. The number of likely N-dealkylation sites (N-methyl/N-ethyl adjacent to an activating group) is 1. The van der Waals surface area contributed by atoms with E-state index < -0.39 is 5.97 Å². The van der Waals surface area contributed by atoms with Crippen LogP contribution in [-0.4, -0.2) is 47.7 Å². The van der Waals surface area contributed by atoms with E-state index in [0.717, 1.165) is 31.5 Å². The standard InChI is InChI=1S/C12H22N2O2/c1-2-13-11(12(15)16)5-6-14-8-9-3-4-10(14)7-9/h9-11,13H,2-8H2,1H3,(H,15,16). The summed E-state index contributed by atoms with van der Waals surface area (Å²) in [5, 5.41) is 12.1. The summed E-state index contributed by atoms with van der Waals surface area (Å²) in [7, 11) is 0. The van der Waals surface area contributed by atoms with Gasteiger partial charge in [0.15, 0.2) is 0 Å². The smallest absolute Gasteiger partial charge is 0.320 e. The predicted octanol–water partition coefficient (Wildman–Crippen LogP) is 0.923. The maximum atomic E-state index is 11.0. The number of carbonyl (C=O) groups is 1. The first-order valence-corrected chi connectivity index (χ1v) is 6.41. The summed E-state index contributed by atoms with van der Waals surface area (Å²) in [4.78, 5) is 13.5. The molecule has 1 aliphatic heterocycles. The van der Waals surface area contributed by atoms with E-state index in [9.17, 15) is 4.79 Å². The van der Waals surface area contributed by atoms with Crippen LogP contribution in [0, 0.1) is 5.92 Å². The molecule has 1 saturated heterocycles. The van der Waals surface area contributed by atoms with Crippen molar-refractivity contribution in [2.75, 3.05) is 19.6 Å². The minimum Gasteiger partial charge on any atom is -0.480 e. The molecule has 1 saturated carbocycles. The molecule has 3 atom stereocenters. The summed E-state index contributed by atoms with van der Waals surface area (Å²) >= 11 is 0. The van der Waals surface area contributed by atoms with Crippen molar-refractivity contribution < 1.29 is 9.90 Å². The number of hydrogen-bond acceptors (Lipinski definition) is 3. The molecule has 1 heterocycles. The van der Waals surface area contributed by atoms with Gasteiger partial charge in [0.25, 0.3) is 0 Å². The van der Waals surface area contributed by atoms with Crippen molar-refractivity contribution in [2.24, 2.45) is 5.92 Å². The number of likely N-dealkylation sites (tertiary alicyclic amines) is 1. The molecule has 0 radical (unpaired) electrons. The van der Waals surface area contributed by atoms with E-state index in [2.05, 4.69) is 10.2 Å². The highest BCUT2D eigenvalue weighted by molar-refractivity contribution is 5.73. The maximum absolute atomic E-state index is 11.0. The van der Waals surface area contributed by atoms with Gasteiger partial charge in [-0.2, -0.15) is 0 Å². The van der Waals surface area contributed by atoms with Gasteiger partial charge >= 0.3 is 5.97 Å². The van der Waals surface area contributed by atoms with Crippen molar-refractivity contribution in [3.63, 3.8) is 0 Å². The predicted molar refractivity (Wildman–Crippen MR) is 62.4 cm³/mol. The zero-order valence-electron chi connectivity index (χ0n) is 9.98. The molecule has 1 aliphatic carbocycles. The van der Waals surface area contributed by atoms with E-state index in [4.69, 9.17) is 5.11 Å². The molecule has 4 nitrogen and oxygen atoms in total. The fourth-order valence-corrected chi connectivity index (χ4v) is 3.15. The number of carboxylic acids is 1. The van der Waals surface area contributed by atoms with Crippen molar-refractivity contribution in [3.8, 4) is 0 Å². The molecule has 2 N–H and O–H groups in total. The molecule has 0 aromatic rings. The van der Waals surface area contributed by atoms with Gasteiger partial charge in [-0.1, -0.05) is 6.92 Å². The normalized spacial score (nSPS) is 30.8. The lowest BCUT2D eigenvalue weighted by Crippen LogP contribution is -2.41. The summed E-state index contributed by atoms with van der Waals surface area (Å²) in [5.74, 6) is 0.179. The molecule has 2 bridgehead atoms. The number of rotatable bonds is 6. The fraction of sp³-hybridized carbons (Fsp3) is 0.917. The number of hydrogen-bond donors (Lipinski definition) is 2. The Morgan fingerprint density at radius 1 is 1.56 bits per heavy atom. The topological polar surface area (TPSA) is 52.6 Å². The Morgan fingerprint density at radius 3 is 2.88 bits per heavy atom. The first kappa shape index (κ1) is 11.9. The van der Waals surface area contributed by atoms with Gasteiger partial charge in [-0.05, 0) is 38.1 Å². The van der Waals surface area contributed by atoms with Crippen LogP contribution in [0.3, 0.4) is 0 Å². The van der Waals surface area contributed by atoms with E-state index in [-0.39, 0.29) is 6.04 Å². The fourth-order valence-electron chi connectivity index (χ4n) is 3.15. The molecule has 0 aromatic carbocycles. The van der Waals surface area contributed by atoms with Crippen molar-refractivity contribution in [2.45, 2.75) is 44.7 Å². The van der Waals surface area contributed by atoms with Gasteiger partial charge in [0, 0.05) is 19.1 Å². The van der Waals surface area contributed by atoms with E-state index in [1.54, 1.807) is 0 Å². The van der Waals surface area contributed by atoms with E-state index in [0.29, 0.717) is 0 Å². The van der Waals surface area contributed by atoms with Crippen LogP contribution in [0.25, 0.3) is 0 Å². The molecule has 2 fully saturated rings. The van der Waals surface area contributed by atoms with E-state index in [1.165, 1.54) is 25.8 Å². The zero-order valence-corrected chi connectivity index (χ0v) is 9.98. The van der Waals surface area contributed by atoms with Crippen molar-refractivity contribution in [3.05, 3.63) is 0 Å². The highest BCUT2D eigenvalue weighted by Crippen LogP contribution is 2.37. The molecule has 4 heteroatoms. The third kappa shape index (κ3) is 2.55. The van der Waals surface area contributed by atoms with Crippen molar-refractivity contribution >= 4 is 5.97 Å². The third-order valence-electron chi connectivity index (χ3n) is 3.98. The van der Waals surface area contributed by atoms with Gasteiger partial charge in [-0.15, -0.1) is 0 Å². The zero-order chi connectivity index (χ0) is 11.5. The van der Waals surface area contributed by atoms with Gasteiger partial charge in [0.2, 0.25) is 0 Å². The number of aliphatic carboxylic acids is 1. The minimum absolute atomic E-state index is 0.371. The maximum Gasteiger partial charge on any atom is 0.320 e. The van der Waals surface area contributed by atoms with Crippen molar-refractivity contribution in [1.29, 1.82) is 0 Å². The number of nitrogens with one attached hydrogen (secondary N) is 1. The number of piperidine rings is 1. The average Bonchev–Trinajstić information content (AvgIpc) is 2.85. The summed E-state index contributed by atoms with van der Waals surface area (Å²) < 4.78 is 0. The second-order valence-corrected chi connectivity index (χ2v) is 5.07. The first-order valence-electron chi connectivity index (χ1n) is 6.41. The number of nitrogens with zero attached hydrogens (tertiary/aromatic N) is 1. The molecule has 0 spiro atoms. The quantitative estimate of drug-likeness (QED) is 0.707. The Balaban J connectivity index is 1.75. The minimum atomic E-state index is -0.716. The lowest BCUT2D eigenvalue weighted by molar-refractivity contribution is -0.139. The second-order valence-electron chi connectivity index (χ2n) is 5.07. The summed E-state index contributed by atoms with van der Waals surface area (Å²) in [5.41, 5.74) is 0. The van der Waals surface area contributed by atoms with E-state index >= 15 is 0 Å². The lowest BCUT2D eigenvalue weighted by atomic mass is 10.1. The Hall–Kier alpha value is -0.610. The average molecular weight is 226 g/mol. The number of fused-ring (bicyclic) bond motifs is 2. The molecule has 92 valence electrons. The Labute approximate surface area is 97.0 Å². The molecule has 0 amide bonds. The Bertz CT molecular complexity index is 257. The van der Waals surface area contributed by atoms with Crippen LogP contribution in [0.5, 0.6) is 0 Å². The molecule has 16 heavy (non-hydrogen) atoms. The summed E-state index contributed by atoms with van der Waals surface area (Å²) in [6.45, 7) is 4.81. The van der Waals surface area contributed by atoms with Crippen molar-refractivity contribution in [1.82, 2.24) is 10.2 Å². The highest BCUT2D eigenvalue weighted by Gasteiger charge is 2.37.